The Morgan fingerprint density at radius 2 is 1.76 bits per heavy atom. The number of carboxylic acid groups (broad SMARTS) is 1. The van der Waals surface area contributed by atoms with Gasteiger partial charge >= 0.3 is 18.1 Å². The molecule has 0 amide bonds. The van der Waals surface area contributed by atoms with Gasteiger partial charge in [-0.3, -0.25) is 11.3 Å². The van der Waals surface area contributed by atoms with E-state index in [4.69, 9.17) is 20.5 Å². The van der Waals surface area contributed by atoms with Crippen molar-refractivity contribution in [1.82, 2.24) is 5.43 Å². The van der Waals surface area contributed by atoms with Gasteiger partial charge in [-0.1, -0.05) is 31.9 Å². The summed E-state index contributed by atoms with van der Waals surface area (Å²) >= 11 is 0. The fourth-order valence-electron chi connectivity index (χ4n) is 1.82. The third-order valence-electron chi connectivity index (χ3n) is 3.11. The lowest BCUT2D eigenvalue weighted by atomic mass is 10.0. The number of alkyl halides is 3. The van der Waals surface area contributed by atoms with Crippen LogP contribution in [0.1, 0.15) is 55.1 Å². The molecule has 0 aliphatic carbocycles. The summed E-state index contributed by atoms with van der Waals surface area (Å²) in [7, 11) is 0. The number of unbranched alkanes of at least 4 members (excludes halogenated alkanes) is 1. The molecule has 0 fully saturated rings. The molecular weight excluding hydrogens is 341 g/mol. The Bertz CT molecular complexity index is 533. The Balaban J connectivity index is 0.000000697. The zero-order valence-corrected chi connectivity index (χ0v) is 14.1. The van der Waals surface area contributed by atoms with E-state index in [1.807, 2.05) is 12.1 Å². The summed E-state index contributed by atoms with van der Waals surface area (Å²) in [6.45, 7) is 4.34. The van der Waals surface area contributed by atoms with Crippen LogP contribution >= 0.6 is 0 Å². The van der Waals surface area contributed by atoms with Crippen LogP contribution in [0.4, 0.5) is 13.2 Å². The van der Waals surface area contributed by atoms with Crippen molar-refractivity contribution in [3.63, 3.8) is 0 Å². The molecule has 9 heteroatoms. The quantitative estimate of drug-likeness (QED) is 0.390. The lowest BCUT2D eigenvalue weighted by Crippen LogP contribution is -2.28. The van der Waals surface area contributed by atoms with Gasteiger partial charge in [0.2, 0.25) is 0 Å². The normalized spacial score (nSPS) is 11.9. The third kappa shape index (κ3) is 9.06. The number of esters is 1. The number of carbonyl (C=O) groups excluding carboxylic acids is 1. The molecule has 1 aromatic carbocycles. The molecule has 1 unspecified atom stereocenters. The Hall–Kier alpha value is -2.13. The predicted molar refractivity (Wildman–Crippen MR) is 85.7 cm³/mol. The average molecular weight is 364 g/mol. The number of halogens is 3. The molecule has 1 rings (SSSR count). The summed E-state index contributed by atoms with van der Waals surface area (Å²) in [4.78, 5) is 20.4. The molecule has 0 saturated heterocycles. The summed E-state index contributed by atoms with van der Waals surface area (Å²) < 4.78 is 36.7. The zero-order valence-electron chi connectivity index (χ0n) is 14.1. The topological polar surface area (TPSA) is 102 Å². The number of hydrogen-bond donors (Lipinski definition) is 3. The Morgan fingerprint density at radius 3 is 2.12 bits per heavy atom. The molecule has 1 aromatic rings. The van der Waals surface area contributed by atoms with Gasteiger partial charge in [0.05, 0.1) is 12.2 Å². The summed E-state index contributed by atoms with van der Waals surface area (Å²) in [5.41, 5.74) is 4.48. The molecule has 25 heavy (non-hydrogen) atoms. The largest absolute Gasteiger partial charge is 0.490 e. The van der Waals surface area contributed by atoms with Crippen molar-refractivity contribution in [3.8, 4) is 0 Å². The van der Waals surface area contributed by atoms with E-state index in [0.29, 0.717) is 12.2 Å². The van der Waals surface area contributed by atoms with Crippen molar-refractivity contribution in [2.75, 3.05) is 6.61 Å². The van der Waals surface area contributed by atoms with Gasteiger partial charge < -0.3 is 9.84 Å². The maximum atomic E-state index is 11.5. The molecule has 0 bridgehead atoms. The summed E-state index contributed by atoms with van der Waals surface area (Å²) in [6.07, 6.45) is -1.83. The first kappa shape index (κ1) is 22.9. The Morgan fingerprint density at radius 1 is 1.24 bits per heavy atom. The molecule has 0 spiro atoms. The SMILES string of the molecule is CCCCC(NN)c1ccc(C(=O)OCC)cc1.O=C(O)C(F)(F)F. The number of benzene rings is 1. The van der Waals surface area contributed by atoms with Gasteiger partial charge in [0.1, 0.15) is 0 Å². The van der Waals surface area contributed by atoms with Crippen LogP contribution in [0.2, 0.25) is 0 Å². The van der Waals surface area contributed by atoms with Gasteiger partial charge in [-0.2, -0.15) is 13.2 Å². The first-order valence-electron chi connectivity index (χ1n) is 7.70. The van der Waals surface area contributed by atoms with Gasteiger partial charge in [0.15, 0.2) is 0 Å². The zero-order chi connectivity index (χ0) is 19.5. The van der Waals surface area contributed by atoms with Crippen LogP contribution < -0.4 is 11.3 Å². The van der Waals surface area contributed by atoms with Crippen molar-refractivity contribution < 1.29 is 32.6 Å². The second kappa shape index (κ2) is 11.4. The van der Waals surface area contributed by atoms with E-state index in [9.17, 15) is 18.0 Å². The van der Waals surface area contributed by atoms with E-state index < -0.39 is 12.1 Å². The van der Waals surface area contributed by atoms with E-state index in [1.165, 1.54) is 0 Å². The molecule has 142 valence electrons. The van der Waals surface area contributed by atoms with Gasteiger partial charge in [0, 0.05) is 6.04 Å². The van der Waals surface area contributed by atoms with Crippen molar-refractivity contribution in [2.24, 2.45) is 5.84 Å². The van der Waals surface area contributed by atoms with Crippen LogP contribution in [-0.2, 0) is 9.53 Å². The van der Waals surface area contributed by atoms with Crippen molar-refractivity contribution >= 4 is 11.9 Å². The van der Waals surface area contributed by atoms with Crippen molar-refractivity contribution in [3.05, 3.63) is 35.4 Å². The number of hydrazine groups is 1. The van der Waals surface area contributed by atoms with Crippen LogP contribution in [0, 0.1) is 0 Å². The summed E-state index contributed by atoms with van der Waals surface area (Å²) in [5.74, 6) is 2.51. The molecule has 0 radical (unpaired) electrons. The van der Waals surface area contributed by atoms with Crippen molar-refractivity contribution in [1.29, 1.82) is 0 Å². The molecule has 0 aromatic heterocycles. The smallest absolute Gasteiger partial charge is 0.475 e. The first-order valence-corrected chi connectivity index (χ1v) is 7.70. The van der Waals surface area contributed by atoms with E-state index in [2.05, 4.69) is 12.3 Å². The van der Waals surface area contributed by atoms with Crippen LogP contribution in [-0.4, -0.2) is 29.8 Å². The first-order chi connectivity index (χ1) is 11.7. The number of carbonyl (C=O) groups is 2. The van der Waals surface area contributed by atoms with Crippen molar-refractivity contribution in [2.45, 2.75) is 45.3 Å². The number of nitrogens with one attached hydrogen (secondary N) is 1. The number of ether oxygens (including phenoxy) is 1. The standard InChI is InChI=1S/C14H22N2O2.C2HF3O2/c1-3-5-6-13(16-15)11-7-9-12(10-8-11)14(17)18-4-2;3-2(4,5)1(6)7/h7-10,13,16H,3-6,15H2,1-2H3;(H,6,7). The minimum atomic E-state index is -5.08. The highest BCUT2D eigenvalue weighted by atomic mass is 19.4. The van der Waals surface area contributed by atoms with Crippen LogP contribution in [0.25, 0.3) is 0 Å². The number of aliphatic carboxylic acids is 1. The molecule has 6 nitrogen and oxygen atoms in total. The molecule has 1 atom stereocenters. The Kier molecular flexibility index (Phi) is 10.5. The second-order valence-electron chi connectivity index (χ2n) is 5.01. The van der Waals surface area contributed by atoms with Gasteiger partial charge in [0.25, 0.3) is 0 Å². The number of nitrogens with two attached hydrogens (primary N) is 1. The third-order valence-corrected chi connectivity index (χ3v) is 3.11. The van der Waals surface area contributed by atoms with Gasteiger partial charge in [-0.15, -0.1) is 0 Å². The van der Waals surface area contributed by atoms with E-state index in [-0.39, 0.29) is 12.0 Å². The molecule has 4 N–H and O–H groups in total. The minimum absolute atomic E-state index is 0.140. The lowest BCUT2D eigenvalue weighted by Gasteiger charge is -2.16. The predicted octanol–water partition coefficient (Wildman–Crippen LogP) is 3.19. The number of hydrogen-bond acceptors (Lipinski definition) is 5. The van der Waals surface area contributed by atoms with E-state index in [1.54, 1.807) is 19.1 Å². The fraction of sp³-hybridized carbons (Fsp3) is 0.500. The van der Waals surface area contributed by atoms with E-state index >= 15 is 0 Å². The summed E-state index contributed by atoms with van der Waals surface area (Å²) in [5, 5.41) is 7.12. The van der Waals surface area contributed by atoms with E-state index in [0.717, 1.165) is 24.8 Å². The van der Waals surface area contributed by atoms with Gasteiger partial charge in [-0.05, 0) is 31.0 Å². The van der Waals surface area contributed by atoms with Crippen LogP contribution in [0.3, 0.4) is 0 Å². The van der Waals surface area contributed by atoms with Crippen LogP contribution in [0.5, 0.6) is 0 Å². The number of rotatable bonds is 7. The highest BCUT2D eigenvalue weighted by molar-refractivity contribution is 5.89. The fourth-order valence-corrected chi connectivity index (χ4v) is 1.82. The minimum Gasteiger partial charge on any atom is -0.475 e. The molecule has 0 heterocycles. The highest BCUT2D eigenvalue weighted by Gasteiger charge is 2.38. The van der Waals surface area contributed by atoms with Crippen LogP contribution in [0.15, 0.2) is 24.3 Å². The molecular formula is C16H23F3N2O4. The lowest BCUT2D eigenvalue weighted by molar-refractivity contribution is -0.192. The summed E-state index contributed by atoms with van der Waals surface area (Å²) in [6, 6.07) is 7.55. The maximum Gasteiger partial charge on any atom is 0.490 e. The molecule has 0 saturated carbocycles. The second-order valence-corrected chi connectivity index (χ2v) is 5.01. The average Bonchev–Trinajstić information content (AvgIpc) is 2.56. The monoisotopic (exact) mass is 364 g/mol. The number of carboxylic acids is 1. The molecule has 0 aliphatic rings. The maximum absolute atomic E-state index is 11.5. The Labute approximate surface area is 144 Å². The highest BCUT2D eigenvalue weighted by Crippen LogP contribution is 2.19. The van der Waals surface area contributed by atoms with Gasteiger partial charge in [-0.25, -0.2) is 9.59 Å². The molecule has 0 aliphatic heterocycles.